The normalized spacial score (nSPS) is 10.8. The van der Waals surface area contributed by atoms with Gasteiger partial charge in [-0.2, -0.15) is 5.10 Å². The Bertz CT molecular complexity index is 560. The molecule has 2 nitrogen and oxygen atoms in total. The fourth-order valence-electron chi connectivity index (χ4n) is 1.53. The summed E-state index contributed by atoms with van der Waals surface area (Å²) in [6.45, 7) is 2.04. The van der Waals surface area contributed by atoms with Crippen molar-refractivity contribution >= 4 is 35.1 Å². The molecule has 0 heterocycles. The number of hydrogen-bond acceptors (Lipinski definition) is 2. The third-order valence-corrected chi connectivity index (χ3v) is 3.02. The van der Waals surface area contributed by atoms with Crippen molar-refractivity contribution in [2.24, 2.45) is 5.10 Å². The van der Waals surface area contributed by atoms with Gasteiger partial charge in [-0.15, -0.1) is 0 Å². The van der Waals surface area contributed by atoms with Gasteiger partial charge in [0.25, 0.3) is 0 Å². The van der Waals surface area contributed by atoms with Crippen molar-refractivity contribution in [2.45, 2.75) is 6.92 Å². The first-order valence-electron chi connectivity index (χ1n) is 5.46. The van der Waals surface area contributed by atoms with E-state index in [4.69, 9.17) is 23.2 Å². The zero-order valence-electron chi connectivity index (χ0n) is 9.82. The van der Waals surface area contributed by atoms with Crippen LogP contribution in [-0.2, 0) is 0 Å². The van der Waals surface area contributed by atoms with Crippen molar-refractivity contribution < 1.29 is 0 Å². The highest BCUT2D eigenvalue weighted by Crippen LogP contribution is 2.29. The Morgan fingerprint density at radius 3 is 2.39 bits per heavy atom. The quantitative estimate of drug-likeness (QED) is 0.636. The van der Waals surface area contributed by atoms with Crippen LogP contribution in [0.25, 0.3) is 0 Å². The first-order chi connectivity index (χ1) is 8.66. The summed E-state index contributed by atoms with van der Waals surface area (Å²) < 4.78 is 0. The molecule has 0 amide bonds. The van der Waals surface area contributed by atoms with Crippen LogP contribution in [0.3, 0.4) is 0 Å². The second-order valence-corrected chi connectivity index (χ2v) is 4.70. The summed E-state index contributed by atoms with van der Waals surface area (Å²) in [7, 11) is 0. The summed E-state index contributed by atoms with van der Waals surface area (Å²) in [5, 5.41) is 5.22. The van der Waals surface area contributed by atoms with Crippen molar-refractivity contribution in [3.8, 4) is 0 Å². The van der Waals surface area contributed by atoms with Crippen LogP contribution in [0.2, 0.25) is 10.0 Å². The zero-order valence-corrected chi connectivity index (χ0v) is 11.3. The highest BCUT2D eigenvalue weighted by molar-refractivity contribution is 6.39. The van der Waals surface area contributed by atoms with Crippen LogP contribution < -0.4 is 5.43 Å². The molecule has 0 aliphatic heterocycles. The molecule has 0 atom stereocenters. The van der Waals surface area contributed by atoms with Gasteiger partial charge in [-0.05, 0) is 24.6 Å². The van der Waals surface area contributed by atoms with Crippen molar-refractivity contribution in [2.75, 3.05) is 5.43 Å². The third kappa shape index (κ3) is 3.25. The number of benzene rings is 2. The molecule has 0 spiro atoms. The Morgan fingerprint density at radius 1 is 1.06 bits per heavy atom. The number of halogens is 2. The van der Waals surface area contributed by atoms with Crippen molar-refractivity contribution in [3.05, 3.63) is 63.6 Å². The van der Waals surface area contributed by atoms with Crippen molar-refractivity contribution in [1.29, 1.82) is 0 Å². The molecule has 4 heteroatoms. The summed E-state index contributed by atoms with van der Waals surface area (Å²) >= 11 is 12.0. The second kappa shape index (κ2) is 5.89. The summed E-state index contributed by atoms with van der Waals surface area (Å²) in [6, 6.07) is 13.4. The van der Waals surface area contributed by atoms with Gasteiger partial charge in [0.15, 0.2) is 0 Å². The van der Waals surface area contributed by atoms with Crippen LogP contribution in [0.15, 0.2) is 47.6 Å². The molecule has 2 rings (SSSR count). The number of para-hydroxylation sites is 1. The maximum absolute atomic E-state index is 6.02. The summed E-state index contributed by atoms with van der Waals surface area (Å²) in [5.74, 6) is 0. The number of nitrogens with zero attached hydrogens (tertiary/aromatic N) is 1. The van der Waals surface area contributed by atoms with Gasteiger partial charge in [-0.1, -0.05) is 59.1 Å². The van der Waals surface area contributed by atoms with Gasteiger partial charge in [-0.25, -0.2) is 0 Å². The largest absolute Gasteiger partial charge is 0.275 e. The SMILES string of the molecule is Cc1cccc(/C=N/Nc2c(Cl)cccc2Cl)c1. The molecule has 0 unspecified atom stereocenters. The molecule has 0 fully saturated rings. The minimum atomic E-state index is 0.545. The molecule has 1 N–H and O–H groups in total. The highest BCUT2D eigenvalue weighted by Gasteiger charge is 2.02. The van der Waals surface area contributed by atoms with E-state index in [1.54, 1.807) is 24.4 Å². The van der Waals surface area contributed by atoms with Crippen LogP contribution in [0.4, 0.5) is 5.69 Å². The molecular formula is C14H12Cl2N2. The van der Waals surface area contributed by atoms with E-state index in [1.165, 1.54) is 5.56 Å². The average molecular weight is 279 g/mol. The molecule has 18 heavy (non-hydrogen) atoms. The fraction of sp³-hybridized carbons (Fsp3) is 0.0714. The molecule has 0 aliphatic rings. The lowest BCUT2D eigenvalue weighted by Crippen LogP contribution is -1.92. The fourth-order valence-corrected chi connectivity index (χ4v) is 2.01. The number of anilines is 1. The van der Waals surface area contributed by atoms with E-state index in [9.17, 15) is 0 Å². The Morgan fingerprint density at radius 2 is 1.72 bits per heavy atom. The standard InChI is InChI=1S/C14H12Cl2N2/c1-10-4-2-5-11(8-10)9-17-18-14-12(15)6-3-7-13(14)16/h2-9,18H,1H3/b17-9+. The predicted octanol–water partition coefficient (Wildman–Crippen LogP) is 4.75. The van der Waals surface area contributed by atoms with Gasteiger partial charge in [-0.3, -0.25) is 5.43 Å². The van der Waals surface area contributed by atoms with Gasteiger partial charge in [0.1, 0.15) is 0 Å². The first kappa shape index (κ1) is 12.9. The Hall–Kier alpha value is -1.51. The Balaban J connectivity index is 2.12. The second-order valence-electron chi connectivity index (χ2n) is 3.88. The lowest BCUT2D eigenvalue weighted by Gasteiger charge is -2.05. The highest BCUT2D eigenvalue weighted by atomic mass is 35.5. The van der Waals surface area contributed by atoms with E-state index in [2.05, 4.69) is 10.5 Å². The van der Waals surface area contributed by atoms with Gasteiger partial charge < -0.3 is 0 Å². The van der Waals surface area contributed by atoms with Gasteiger partial charge >= 0.3 is 0 Å². The maximum atomic E-state index is 6.02. The lowest BCUT2D eigenvalue weighted by molar-refractivity contribution is 1.35. The van der Waals surface area contributed by atoms with E-state index in [0.717, 1.165) is 5.56 Å². The molecule has 0 radical (unpaired) electrons. The number of nitrogens with one attached hydrogen (secondary N) is 1. The van der Waals surface area contributed by atoms with Crippen LogP contribution in [-0.4, -0.2) is 6.21 Å². The van der Waals surface area contributed by atoms with Gasteiger partial charge in [0.05, 0.1) is 21.9 Å². The van der Waals surface area contributed by atoms with Crippen LogP contribution >= 0.6 is 23.2 Å². The van der Waals surface area contributed by atoms with Gasteiger partial charge in [0.2, 0.25) is 0 Å². The van der Waals surface area contributed by atoms with E-state index in [-0.39, 0.29) is 0 Å². The Labute approximate surface area is 116 Å². The minimum absolute atomic E-state index is 0.545. The van der Waals surface area contributed by atoms with Gasteiger partial charge in [0, 0.05) is 0 Å². The molecule has 0 aliphatic carbocycles. The minimum Gasteiger partial charge on any atom is -0.275 e. The molecule has 2 aromatic carbocycles. The monoisotopic (exact) mass is 278 g/mol. The Kier molecular flexibility index (Phi) is 4.24. The summed E-state index contributed by atoms with van der Waals surface area (Å²) in [4.78, 5) is 0. The van der Waals surface area contributed by atoms with E-state index in [0.29, 0.717) is 15.7 Å². The number of hydrazone groups is 1. The molecule has 0 aromatic heterocycles. The number of aryl methyl sites for hydroxylation is 1. The average Bonchev–Trinajstić information content (AvgIpc) is 2.33. The molecular weight excluding hydrogens is 267 g/mol. The molecule has 0 saturated carbocycles. The van der Waals surface area contributed by atoms with Crippen LogP contribution in [0.1, 0.15) is 11.1 Å². The molecule has 92 valence electrons. The van der Waals surface area contributed by atoms with Crippen molar-refractivity contribution in [1.82, 2.24) is 0 Å². The van der Waals surface area contributed by atoms with Crippen LogP contribution in [0.5, 0.6) is 0 Å². The molecule has 0 saturated heterocycles. The van der Waals surface area contributed by atoms with E-state index >= 15 is 0 Å². The van der Waals surface area contributed by atoms with E-state index in [1.807, 2.05) is 31.2 Å². The third-order valence-electron chi connectivity index (χ3n) is 2.39. The molecule has 2 aromatic rings. The summed E-state index contributed by atoms with van der Waals surface area (Å²) in [5.41, 5.74) is 5.68. The lowest BCUT2D eigenvalue weighted by atomic mass is 10.2. The zero-order chi connectivity index (χ0) is 13.0. The number of hydrogen-bond donors (Lipinski definition) is 1. The topological polar surface area (TPSA) is 24.4 Å². The first-order valence-corrected chi connectivity index (χ1v) is 6.22. The maximum Gasteiger partial charge on any atom is 0.0934 e. The smallest absolute Gasteiger partial charge is 0.0934 e. The van der Waals surface area contributed by atoms with E-state index < -0.39 is 0 Å². The summed E-state index contributed by atoms with van der Waals surface area (Å²) in [6.07, 6.45) is 1.73. The van der Waals surface area contributed by atoms with Crippen molar-refractivity contribution in [3.63, 3.8) is 0 Å². The number of rotatable bonds is 3. The van der Waals surface area contributed by atoms with Crippen LogP contribution in [0, 0.1) is 6.92 Å². The molecule has 0 bridgehead atoms. The predicted molar refractivity (Wildman–Crippen MR) is 78.9 cm³/mol.